The average Bonchev–Trinajstić information content (AvgIpc) is 2.01. The smallest absolute Gasteiger partial charge is 0.0674 e. The lowest BCUT2D eigenvalue weighted by molar-refractivity contribution is -0.0195. The minimum absolute atomic E-state index is 0.418. The van der Waals surface area contributed by atoms with Crippen LogP contribution in [-0.2, 0) is 4.74 Å². The maximum absolute atomic E-state index is 5.46. The van der Waals surface area contributed by atoms with Gasteiger partial charge in [-0.15, -0.1) is 0 Å². The predicted molar refractivity (Wildman–Crippen MR) is 50.4 cm³/mol. The molecule has 1 fully saturated rings. The number of ether oxygens (including phenoxy) is 1. The van der Waals surface area contributed by atoms with Crippen molar-refractivity contribution in [3.8, 4) is 0 Å². The second kappa shape index (κ2) is 4.80. The van der Waals surface area contributed by atoms with Gasteiger partial charge in [-0.25, -0.2) is 0 Å². The van der Waals surface area contributed by atoms with Gasteiger partial charge in [-0.05, 0) is 21.0 Å². The molecule has 0 aliphatic carbocycles. The van der Waals surface area contributed by atoms with E-state index in [-0.39, 0.29) is 0 Å². The molecule has 0 spiro atoms. The van der Waals surface area contributed by atoms with E-state index in [0.29, 0.717) is 6.10 Å². The Labute approximate surface area is 75.3 Å². The average molecular weight is 172 g/mol. The van der Waals surface area contributed by atoms with Gasteiger partial charge in [-0.1, -0.05) is 0 Å². The summed E-state index contributed by atoms with van der Waals surface area (Å²) in [5, 5.41) is 0. The van der Waals surface area contributed by atoms with Crippen molar-refractivity contribution in [3.05, 3.63) is 0 Å². The zero-order valence-electron chi connectivity index (χ0n) is 8.42. The Morgan fingerprint density at radius 2 is 2.25 bits per heavy atom. The zero-order chi connectivity index (χ0) is 8.97. The van der Waals surface area contributed by atoms with Crippen LogP contribution in [0.1, 0.15) is 6.92 Å². The van der Waals surface area contributed by atoms with Crippen LogP contribution >= 0.6 is 0 Å². The van der Waals surface area contributed by atoms with Crippen LogP contribution in [-0.4, -0.2) is 62.8 Å². The maximum atomic E-state index is 5.46. The number of nitrogens with zero attached hydrogens (tertiary/aromatic N) is 2. The van der Waals surface area contributed by atoms with Crippen molar-refractivity contribution in [1.29, 1.82) is 0 Å². The highest BCUT2D eigenvalue weighted by Gasteiger charge is 2.15. The SMILES string of the molecule is C[C@@H]1CN(CCN(C)C)CCO1. The summed E-state index contributed by atoms with van der Waals surface area (Å²) in [4.78, 5) is 4.69. The van der Waals surface area contributed by atoms with Crippen LogP contribution < -0.4 is 0 Å². The van der Waals surface area contributed by atoms with Gasteiger partial charge < -0.3 is 9.64 Å². The molecule has 1 atom stereocenters. The van der Waals surface area contributed by atoms with Crippen molar-refractivity contribution in [2.75, 3.05) is 46.9 Å². The van der Waals surface area contributed by atoms with Gasteiger partial charge in [0.2, 0.25) is 0 Å². The van der Waals surface area contributed by atoms with Crippen LogP contribution in [0.3, 0.4) is 0 Å². The lowest BCUT2D eigenvalue weighted by Gasteiger charge is -2.31. The predicted octanol–water partition coefficient (Wildman–Crippen LogP) is 0.269. The monoisotopic (exact) mass is 172 g/mol. The summed E-state index contributed by atoms with van der Waals surface area (Å²) in [6, 6.07) is 0. The molecule has 0 aromatic rings. The molecule has 0 amide bonds. The van der Waals surface area contributed by atoms with E-state index in [1.165, 1.54) is 6.54 Å². The standard InChI is InChI=1S/C9H20N2O/c1-9-8-11(6-7-12-9)5-4-10(2)3/h9H,4-8H2,1-3H3/t9-/m1/s1. The van der Waals surface area contributed by atoms with Crippen molar-refractivity contribution < 1.29 is 4.74 Å². The van der Waals surface area contributed by atoms with Gasteiger partial charge in [0, 0.05) is 26.2 Å². The van der Waals surface area contributed by atoms with Crippen LogP contribution in [0.2, 0.25) is 0 Å². The summed E-state index contributed by atoms with van der Waals surface area (Å²) in [6.07, 6.45) is 0.418. The topological polar surface area (TPSA) is 15.7 Å². The fraction of sp³-hybridized carbons (Fsp3) is 1.00. The first-order valence-electron chi connectivity index (χ1n) is 4.67. The third-order valence-electron chi connectivity index (χ3n) is 2.19. The Kier molecular flexibility index (Phi) is 3.98. The molecule has 1 rings (SSSR count). The molecule has 0 N–H and O–H groups in total. The first-order valence-corrected chi connectivity index (χ1v) is 4.67. The molecule has 3 nitrogen and oxygen atoms in total. The molecule has 3 heteroatoms. The van der Waals surface area contributed by atoms with E-state index in [1.54, 1.807) is 0 Å². The molecule has 0 bridgehead atoms. The highest BCUT2D eigenvalue weighted by molar-refractivity contribution is 4.68. The molecule has 1 saturated heterocycles. The maximum Gasteiger partial charge on any atom is 0.0674 e. The molecule has 1 heterocycles. The molecule has 1 aliphatic rings. The van der Waals surface area contributed by atoms with E-state index >= 15 is 0 Å². The lowest BCUT2D eigenvalue weighted by Crippen LogP contribution is -2.43. The van der Waals surface area contributed by atoms with Crippen molar-refractivity contribution in [2.45, 2.75) is 13.0 Å². The highest BCUT2D eigenvalue weighted by atomic mass is 16.5. The summed E-state index contributed by atoms with van der Waals surface area (Å²) >= 11 is 0. The normalized spacial score (nSPS) is 26.5. The van der Waals surface area contributed by atoms with Crippen LogP contribution in [0.4, 0.5) is 0 Å². The van der Waals surface area contributed by atoms with Crippen molar-refractivity contribution in [1.82, 2.24) is 9.80 Å². The summed E-state index contributed by atoms with van der Waals surface area (Å²) in [5.41, 5.74) is 0. The van der Waals surface area contributed by atoms with Gasteiger partial charge in [-0.2, -0.15) is 0 Å². The Morgan fingerprint density at radius 1 is 1.50 bits per heavy atom. The van der Waals surface area contributed by atoms with Gasteiger partial charge in [-0.3, -0.25) is 4.90 Å². The fourth-order valence-electron chi connectivity index (χ4n) is 1.44. The molecule has 72 valence electrons. The number of rotatable bonds is 3. The van der Waals surface area contributed by atoms with E-state index in [9.17, 15) is 0 Å². The largest absolute Gasteiger partial charge is 0.376 e. The second-order valence-electron chi connectivity index (χ2n) is 3.79. The lowest BCUT2D eigenvalue weighted by atomic mass is 10.3. The summed E-state index contributed by atoms with van der Waals surface area (Å²) in [5.74, 6) is 0. The van der Waals surface area contributed by atoms with Gasteiger partial charge in [0.05, 0.1) is 12.7 Å². The molecule has 0 saturated carbocycles. The van der Waals surface area contributed by atoms with Crippen molar-refractivity contribution in [3.63, 3.8) is 0 Å². The second-order valence-corrected chi connectivity index (χ2v) is 3.79. The van der Waals surface area contributed by atoms with Gasteiger partial charge in [0.25, 0.3) is 0 Å². The third-order valence-corrected chi connectivity index (χ3v) is 2.19. The fourth-order valence-corrected chi connectivity index (χ4v) is 1.44. The third kappa shape index (κ3) is 3.52. The Morgan fingerprint density at radius 3 is 2.83 bits per heavy atom. The molecule has 0 aromatic carbocycles. The Bertz CT molecular complexity index is 128. The number of morpholine rings is 1. The first-order chi connectivity index (χ1) is 5.68. The summed E-state index contributed by atoms with van der Waals surface area (Å²) < 4.78 is 5.46. The summed E-state index contributed by atoms with van der Waals surface area (Å²) in [6.45, 7) is 7.54. The van der Waals surface area contributed by atoms with E-state index in [1.807, 2.05) is 0 Å². The van der Waals surface area contributed by atoms with Crippen LogP contribution in [0, 0.1) is 0 Å². The van der Waals surface area contributed by atoms with E-state index in [2.05, 4.69) is 30.8 Å². The van der Waals surface area contributed by atoms with Gasteiger partial charge in [0.15, 0.2) is 0 Å². The minimum atomic E-state index is 0.418. The molecule has 0 radical (unpaired) electrons. The van der Waals surface area contributed by atoms with Gasteiger partial charge >= 0.3 is 0 Å². The Balaban J connectivity index is 2.14. The minimum Gasteiger partial charge on any atom is -0.376 e. The molecule has 0 aromatic heterocycles. The first kappa shape index (κ1) is 9.96. The van der Waals surface area contributed by atoms with Gasteiger partial charge in [0.1, 0.15) is 0 Å². The van der Waals surface area contributed by atoms with Crippen molar-refractivity contribution >= 4 is 0 Å². The highest BCUT2D eigenvalue weighted by Crippen LogP contribution is 2.03. The van der Waals surface area contributed by atoms with Crippen molar-refractivity contribution in [2.24, 2.45) is 0 Å². The van der Waals surface area contributed by atoms with E-state index in [4.69, 9.17) is 4.74 Å². The zero-order valence-corrected chi connectivity index (χ0v) is 8.42. The quantitative estimate of drug-likeness (QED) is 0.607. The molecular formula is C9H20N2O. The molecule has 0 unspecified atom stereocenters. The van der Waals surface area contributed by atoms with Crippen LogP contribution in [0.25, 0.3) is 0 Å². The number of hydrogen-bond acceptors (Lipinski definition) is 3. The molecule has 1 aliphatic heterocycles. The summed E-state index contributed by atoms with van der Waals surface area (Å²) in [7, 11) is 4.23. The Hall–Kier alpha value is -0.120. The van der Waals surface area contributed by atoms with E-state index < -0.39 is 0 Å². The van der Waals surface area contributed by atoms with E-state index in [0.717, 1.165) is 26.2 Å². The molecular weight excluding hydrogens is 152 g/mol. The number of likely N-dealkylation sites (N-methyl/N-ethyl adjacent to an activating group) is 1. The number of hydrogen-bond donors (Lipinski definition) is 0. The van der Waals surface area contributed by atoms with Crippen LogP contribution in [0.15, 0.2) is 0 Å². The van der Waals surface area contributed by atoms with Crippen LogP contribution in [0.5, 0.6) is 0 Å². The molecule has 12 heavy (non-hydrogen) atoms.